The highest BCUT2D eigenvalue weighted by Crippen LogP contribution is 2.22. The highest BCUT2D eigenvalue weighted by Gasteiger charge is 2.21. The fourth-order valence-electron chi connectivity index (χ4n) is 2.19. The maximum absolute atomic E-state index is 13.3. The number of nitrogens with zero attached hydrogens (tertiary/aromatic N) is 1. The van der Waals surface area contributed by atoms with Gasteiger partial charge in [-0.25, -0.2) is 17.5 Å². The second-order valence-electron chi connectivity index (χ2n) is 5.30. The lowest BCUT2D eigenvalue weighted by Gasteiger charge is -2.24. The van der Waals surface area contributed by atoms with Crippen LogP contribution in [0.4, 0.5) is 4.39 Å². The van der Waals surface area contributed by atoms with Gasteiger partial charge in [0.2, 0.25) is 10.0 Å². The maximum atomic E-state index is 13.3. The van der Waals surface area contributed by atoms with Gasteiger partial charge in [-0.1, -0.05) is 6.07 Å². The lowest BCUT2D eigenvalue weighted by Crippen LogP contribution is -2.34. The summed E-state index contributed by atoms with van der Waals surface area (Å²) in [5.74, 6) is -0.562. The number of thiophene rings is 1. The average molecular weight is 342 g/mol. The first-order valence-electron chi connectivity index (χ1n) is 6.75. The van der Waals surface area contributed by atoms with E-state index in [9.17, 15) is 12.8 Å². The minimum Gasteiger partial charge on any atom is -0.301 e. The lowest BCUT2D eigenvalue weighted by molar-refractivity contribution is 0.300. The highest BCUT2D eigenvalue weighted by molar-refractivity contribution is 7.89. The third-order valence-electron chi connectivity index (χ3n) is 3.46. The van der Waals surface area contributed by atoms with Gasteiger partial charge in [0, 0.05) is 12.6 Å². The zero-order chi connectivity index (χ0) is 16.3. The molecule has 0 saturated carbocycles. The number of hydrogen-bond donors (Lipinski definition) is 1. The van der Waals surface area contributed by atoms with Gasteiger partial charge in [-0.05, 0) is 61.1 Å². The van der Waals surface area contributed by atoms with Crippen LogP contribution in [-0.4, -0.2) is 34.0 Å². The second kappa shape index (κ2) is 6.87. The number of benzene rings is 1. The van der Waals surface area contributed by atoms with Crippen molar-refractivity contribution in [3.8, 4) is 0 Å². The Kier molecular flexibility index (Phi) is 5.33. The number of aryl methyl sites for hydroxylation is 1. The molecule has 1 N–H and O–H groups in total. The Bertz CT molecular complexity index is 728. The third kappa shape index (κ3) is 3.92. The number of likely N-dealkylation sites (N-methyl/N-ethyl adjacent to an activating group) is 1. The van der Waals surface area contributed by atoms with Crippen molar-refractivity contribution in [3.63, 3.8) is 0 Å². The van der Waals surface area contributed by atoms with E-state index in [2.05, 4.69) is 4.72 Å². The van der Waals surface area contributed by atoms with E-state index in [1.165, 1.54) is 12.1 Å². The van der Waals surface area contributed by atoms with E-state index in [0.717, 1.165) is 11.6 Å². The van der Waals surface area contributed by atoms with Gasteiger partial charge in [0.15, 0.2) is 0 Å². The molecule has 0 aliphatic carbocycles. The molecule has 2 rings (SSSR count). The van der Waals surface area contributed by atoms with Crippen LogP contribution >= 0.6 is 11.3 Å². The summed E-state index contributed by atoms with van der Waals surface area (Å²) in [5.41, 5.74) is 1.57. The third-order valence-corrected chi connectivity index (χ3v) is 5.72. The fourth-order valence-corrected chi connectivity index (χ4v) is 4.19. The van der Waals surface area contributed by atoms with Gasteiger partial charge < -0.3 is 4.90 Å². The van der Waals surface area contributed by atoms with Crippen LogP contribution in [0.3, 0.4) is 0 Å². The van der Waals surface area contributed by atoms with Crippen LogP contribution in [0.1, 0.15) is 17.2 Å². The Morgan fingerprint density at radius 2 is 2.05 bits per heavy atom. The van der Waals surface area contributed by atoms with E-state index in [0.29, 0.717) is 5.56 Å². The Morgan fingerprint density at radius 3 is 2.64 bits per heavy atom. The molecule has 2 aromatic rings. The molecule has 1 aromatic carbocycles. The van der Waals surface area contributed by atoms with Crippen LogP contribution in [0.25, 0.3) is 0 Å². The van der Waals surface area contributed by atoms with E-state index < -0.39 is 15.8 Å². The Hall–Kier alpha value is -1.28. The number of rotatable bonds is 6. The quantitative estimate of drug-likeness (QED) is 0.878. The Balaban J connectivity index is 2.20. The highest BCUT2D eigenvalue weighted by atomic mass is 32.2. The van der Waals surface area contributed by atoms with E-state index >= 15 is 0 Å². The summed E-state index contributed by atoms with van der Waals surface area (Å²) in [6.07, 6.45) is 0. The zero-order valence-corrected chi connectivity index (χ0v) is 14.3. The molecule has 1 aromatic heterocycles. The van der Waals surface area contributed by atoms with Crippen molar-refractivity contribution in [1.82, 2.24) is 9.62 Å². The maximum Gasteiger partial charge on any atom is 0.240 e. The van der Waals surface area contributed by atoms with Crippen molar-refractivity contribution in [2.75, 3.05) is 20.6 Å². The molecule has 0 aliphatic rings. The molecule has 22 heavy (non-hydrogen) atoms. The van der Waals surface area contributed by atoms with Gasteiger partial charge in [-0.15, -0.1) is 0 Å². The minimum absolute atomic E-state index is 0.0182. The SMILES string of the molecule is Cc1ccc(F)cc1S(=O)(=O)NC[C@H](c1ccsc1)N(C)C. The van der Waals surface area contributed by atoms with Gasteiger partial charge in [0.25, 0.3) is 0 Å². The van der Waals surface area contributed by atoms with Gasteiger partial charge in [-0.3, -0.25) is 0 Å². The second-order valence-corrected chi connectivity index (χ2v) is 7.81. The van der Waals surface area contributed by atoms with Gasteiger partial charge in [0.1, 0.15) is 5.82 Å². The number of halogens is 1. The molecule has 0 bridgehead atoms. The smallest absolute Gasteiger partial charge is 0.240 e. The molecular weight excluding hydrogens is 323 g/mol. The molecule has 7 heteroatoms. The van der Waals surface area contributed by atoms with E-state index in [1.807, 2.05) is 35.8 Å². The number of nitrogens with one attached hydrogen (secondary N) is 1. The molecule has 0 aliphatic heterocycles. The van der Waals surface area contributed by atoms with E-state index in [-0.39, 0.29) is 17.5 Å². The monoisotopic (exact) mass is 342 g/mol. The predicted molar refractivity (Wildman–Crippen MR) is 87.1 cm³/mol. The summed E-state index contributed by atoms with van der Waals surface area (Å²) in [6.45, 7) is 1.87. The fraction of sp³-hybridized carbons (Fsp3) is 0.333. The van der Waals surface area contributed by atoms with Crippen LogP contribution < -0.4 is 4.72 Å². The molecule has 0 radical (unpaired) electrons. The van der Waals surface area contributed by atoms with Crippen LogP contribution in [-0.2, 0) is 10.0 Å². The lowest BCUT2D eigenvalue weighted by atomic mass is 10.1. The van der Waals surface area contributed by atoms with Crippen molar-refractivity contribution in [1.29, 1.82) is 0 Å². The van der Waals surface area contributed by atoms with Crippen LogP contribution in [0, 0.1) is 12.7 Å². The van der Waals surface area contributed by atoms with Crippen LogP contribution in [0.2, 0.25) is 0 Å². The molecule has 0 fully saturated rings. The first-order valence-corrected chi connectivity index (χ1v) is 9.18. The summed E-state index contributed by atoms with van der Waals surface area (Å²) in [7, 11) is 0.0395. The molecule has 0 unspecified atom stereocenters. The summed E-state index contributed by atoms with van der Waals surface area (Å²) < 4.78 is 40.7. The first kappa shape index (κ1) is 17.1. The molecule has 0 saturated heterocycles. The number of hydrogen-bond acceptors (Lipinski definition) is 4. The van der Waals surface area contributed by atoms with Crippen molar-refractivity contribution in [2.24, 2.45) is 0 Å². The molecule has 1 atom stereocenters. The van der Waals surface area contributed by atoms with Gasteiger partial charge in [0.05, 0.1) is 4.90 Å². The molecule has 0 spiro atoms. The summed E-state index contributed by atoms with van der Waals surface area (Å²) in [4.78, 5) is 1.93. The van der Waals surface area contributed by atoms with Crippen LogP contribution in [0.15, 0.2) is 39.9 Å². The van der Waals surface area contributed by atoms with Crippen molar-refractivity contribution in [2.45, 2.75) is 17.9 Å². The van der Waals surface area contributed by atoms with Crippen LogP contribution in [0.5, 0.6) is 0 Å². The molecule has 0 amide bonds. The van der Waals surface area contributed by atoms with Gasteiger partial charge >= 0.3 is 0 Å². The molecule has 4 nitrogen and oxygen atoms in total. The minimum atomic E-state index is -3.75. The largest absolute Gasteiger partial charge is 0.301 e. The molecule has 120 valence electrons. The number of sulfonamides is 1. The van der Waals surface area contributed by atoms with Crippen molar-refractivity contribution < 1.29 is 12.8 Å². The topological polar surface area (TPSA) is 49.4 Å². The van der Waals surface area contributed by atoms with Gasteiger partial charge in [-0.2, -0.15) is 11.3 Å². The van der Waals surface area contributed by atoms with E-state index in [4.69, 9.17) is 0 Å². The summed E-state index contributed by atoms with van der Waals surface area (Å²) >= 11 is 1.57. The Morgan fingerprint density at radius 1 is 1.32 bits per heavy atom. The van der Waals surface area contributed by atoms with Crippen molar-refractivity contribution >= 4 is 21.4 Å². The van der Waals surface area contributed by atoms with Crippen molar-refractivity contribution in [3.05, 3.63) is 52.0 Å². The Labute approximate surface area is 134 Å². The first-order chi connectivity index (χ1) is 10.3. The normalized spacial score (nSPS) is 13.5. The molecular formula is C15H19FN2O2S2. The van der Waals surface area contributed by atoms with E-state index in [1.54, 1.807) is 18.3 Å². The predicted octanol–water partition coefficient (Wildman–Crippen LogP) is 2.78. The standard InChI is InChI=1S/C15H19FN2O2S2/c1-11-4-5-13(16)8-15(11)22(19,20)17-9-14(18(2)3)12-6-7-21-10-12/h4-8,10,14,17H,9H2,1-3H3/t14-/m1/s1. The summed E-state index contributed by atoms with van der Waals surface area (Å²) in [5, 5.41) is 3.95. The molecule has 1 heterocycles. The summed E-state index contributed by atoms with van der Waals surface area (Å²) in [6, 6.07) is 5.66. The average Bonchev–Trinajstić information content (AvgIpc) is 2.95. The zero-order valence-electron chi connectivity index (χ0n) is 12.7.